The van der Waals surface area contributed by atoms with Gasteiger partial charge in [-0.25, -0.2) is 0 Å². The van der Waals surface area contributed by atoms with Crippen LogP contribution in [0.3, 0.4) is 0 Å². The summed E-state index contributed by atoms with van der Waals surface area (Å²) in [5, 5.41) is 10.4. The van der Waals surface area contributed by atoms with E-state index in [9.17, 15) is 18.4 Å². The number of rotatable bonds is 6. The van der Waals surface area contributed by atoms with Crippen LogP contribution in [0.5, 0.6) is 5.75 Å². The molecule has 0 saturated carbocycles. The van der Waals surface area contributed by atoms with E-state index in [0.717, 1.165) is 24.2 Å². The summed E-state index contributed by atoms with van der Waals surface area (Å²) in [6.45, 7) is -2.04. The van der Waals surface area contributed by atoms with Crippen LogP contribution in [0.25, 0.3) is 0 Å². The van der Waals surface area contributed by atoms with E-state index in [1.807, 2.05) is 0 Å². The molecule has 1 amide bonds. The van der Waals surface area contributed by atoms with Crippen molar-refractivity contribution in [3.63, 3.8) is 0 Å². The quantitative estimate of drug-likeness (QED) is 0.841. The molecule has 134 valence electrons. The number of aliphatic carboxylic acids is 1. The van der Waals surface area contributed by atoms with Crippen molar-refractivity contribution in [1.82, 2.24) is 9.80 Å². The van der Waals surface area contributed by atoms with Crippen molar-refractivity contribution in [1.29, 1.82) is 0 Å². The van der Waals surface area contributed by atoms with Gasteiger partial charge >= 0.3 is 12.6 Å². The minimum absolute atomic E-state index is 0.0457. The van der Waals surface area contributed by atoms with E-state index in [1.165, 1.54) is 6.07 Å². The number of ether oxygens (including phenoxy) is 1. The van der Waals surface area contributed by atoms with Crippen LogP contribution in [-0.2, 0) is 4.79 Å². The van der Waals surface area contributed by atoms with Crippen LogP contribution in [0.4, 0.5) is 8.78 Å². The average Bonchev–Trinajstić information content (AvgIpc) is 2.80. The fraction of sp³-hybridized carbons (Fsp3) is 0.600. The zero-order chi connectivity index (χ0) is 17.7. The Morgan fingerprint density at radius 3 is 2.88 bits per heavy atom. The number of carbonyl (C=O) groups is 2. The molecule has 0 spiro atoms. The van der Waals surface area contributed by atoms with Crippen LogP contribution < -0.4 is 4.74 Å². The topological polar surface area (TPSA) is 70.1 Å². The van der Waals surface area contributed by atoms with Gasteiger partial charge < -0.3 is 14.7 Å². The highest BCUT2D eigenvalue weighted by Crippen LogP contribution is 2.29. The van der Waals surface area contributed by atoms with E-state index in [-0.39, 0.29) is 29.1 Å². The number of alkyl halides is 2. The summed E-state index contributed by atoms with van der Waals surface area (Å²) in [4.78, 5) is 27.0. The number of thiophene rings is 1. The van der Waals surface area contributed by atoms with Crippen molar-refractivity contribution >= 4 is 23.2 Å². The highest BCUT2D eigenvalue weighted by Gasteiger charge is 2.27. The molecule has 24 heavy (non-hydrogen) atoms. The summed E-state index contributed by atoms with van der Waals surface area (Å²) in [7, 11) is 1.75. The molecule has 0 aromatic carbocycles. The Bertz CT molecular complexity index is 582. The van der Waals surface area contributed by atoms with E-state index in [0.29, 0.717) is 19.5 Å². The standard InChI is InChI=1S/C15H20F2N2O4S/c1-18(9-12(20)21)10-3-2-6-19(7-4-10)14(22)13-11(5-8-24-13)23-15(16)17/h5,8,10,15H,2-4,6-7,9H2,1H3,(H,20,21). The molecule has 0 bridgehead atoms. The van der Waals surface area contributed by atoms with Gasteiger partial charge in [0.15, 0.2) is 0 Å². The van der Waals surface area contributed by atoms with Crippen LogP contribution in [0.15, 0.2) is 11.4 Å². The Hall–Kier alpha value is -1.74. The van der Waals surface area contributed by atoms with Crippen LogP contribution in [-0.4, -0.2) is 66.1 Å². The molecule has 1 unspecified atom stereocenters. The lowest BCUT2D eigenvalue weighted by Gasteiger charge is -2.25. The second-order valence-corrected chi connectivity index (χ2v) is 6.59. The summed E-state index contributed by atoms with van der Waals surface area (Å²) >= 11 is 1.08. The molecule has 1 N–H and O–H groups in total. The molecule has 1 aliphatic rings. The third-order valence-corrected chi connectivity index (χ3v) is 4.92. The molecule has 9 heteroatoms. The summed E-state index contributed by atoms with van der Waals surface area (Å²) in [6, 6.07) is 1.45. The van der Waals surface area contributed by atoms with E-state index in [1.54, 1.807) is 22.2 Å². The third-order valence-electron chi connectivity index (χ3n) is 4.03. The Morgan fingerprint density at radius 2 is 2.21 bits per heavy atom. The maximum absolute atomic E-state index is 12.6. The fourth-order valence-electron chi connectivity index (χ4n) is 2.85. The molecular formula is C15H20F2N2O4S. The highest BCUT2D eigenvalue weighted by atomic mass is 32.1. The molecule has 1 saturated heterocycles. The number of carboxylic acids is 1. The van der Waals surface area contributed by atoms with Gasteiger partial charge in [0.05, 0.1) is 6.54 Å². The SMILES string of the molecule is CN(CC(=O)O)C1CCCN(C(=O)c2sccc2OC(F)F)CC1. The normalized spacial score (nSPS) is 18.7. The Labute approximate surface area is 142 Å². The smallest absolute Gasteiger partial charge is 0.387 e. The summed E-state index contributed by atoms with van der Waals surface area (Å²) in [5.74, 6) is -1.30. The second kappa shape index (κ2) is 8.39. The molecule has 2 heterocycles. The molecule has 1 atom stereocenters. The first-order valence-electron chi connectivity index (χ1n) is 7.62. The molecule has 1 fully saturated rings. The zero-order valence-corrected chi connectivity index (χ0v) is 14.1. The molecule has 1 aliphatic heterocycles. The van der Waals surface area contributed by atoms with Gasteiger partial charge in [-0.1, -0.05) is 0 Å². The van der Waals surface area contributed by atoms with Gasteiger partial charge in [0.1, 0.15) is 10.6 Å². The predicted molar refractivity (Wildman–Crippen MR) is 84.8 cm³/mol. The number of carbonyl (C=O) groups excluding carboxylic acids is 1. The monoisotopic (exact) mass is 362 g/mol. The number of nitrogens with zero attached hydrogens (tertiary/aromatic N) is 2. The number of hydrogen-bond acceptors (Lipinski definition) is 5. The Morgan fingerprint density at radius 1 is 1.46 bits per heavy atom. The Balaban J connectivity index is 1.99. The second-order valence-electron chi connectivity index (χ2n) is 5.68. The van der Waals surface area contributed by atoms with Crippen molar-refractivity contribution in [3.05, 3.63) is 16.3 Å². The van der Waals surface area contributed by atoms with Gasteiger partial charge in [-0.05, 0) is 37.8 Å². The van der Waals surface area contributed by atoms with Crippen molar-refractivity contribution < 1.29 is 28.2 Å². The molecule has 1 aromatic heterocycles. The van der Waals surface area contributed by atoms with Crippen LogP contribution >= 0.6 is 11.3 Å². The molecule has 0 radical (unpaired) electrons. The van der Waals surface area contributed by atoms with Gasteiger partial charge in [0.2, 0.25) is 0 Å². The van der Waals surface area contributed by atoms with Crippen LogP contribution in [0.1, 0.15) is 28.9 Å². The first kappa shape index (κ1) is 18.6. The minimum Gasteiger partial charge on any atom is -0.480 e. The van der Waals surface area contributed by atoms with Crippen LogP contribution in [0, 0.1) is 0 Å². The number of likely N-dealkylation sites (tertiary alicyclic amines) is 1. The van der Waals surface area contributed by atoms with E-state index in [2.05, 4.69) is 4.74 Å². The predicted octanol–water partition coefficient (Wildman–Crippen LogP) is 2.36. The average molecular weight is 362 g/mol. The van der Waals surface area contributed by atoms with E-state index < -0.39 is 12.6 Å². The lowest BCUT2D eigenvalue weighted by molar-refractivity contribution is -0.138. The molecule has 1 aromatic rings. The van der Waals surface area contributed by atoms with Crippen molar-refractivity contribution in [2.45, 2.75) is 31.9 Å². The van der Waals surface area contributed by atoms with Crippen molar-refractivity contribution in [3.8, 4) is 5.75 Å². The first-order valence-corrected chi connectivity index (χ1v) is 8.50. The van der Waals surface area contributed by atoms with Gasteiger partial charge in [0, 0.05) is 19.1 Å². The zero-order valence-electron chi connectivity index (χ0n) is 13.3. The molecule has 6 nitrogen and oxygen atoms in total. The van der Waals surface area contributed by atoms with Gasteiger partial charge in [-0.15, -0.1) is 11.3 Å². The maximum Gasteiger partial charge on any atom is 0.387 e. The lowest BCUT2D eigenvalue weighted by atomic mass is 10.1. The molecule has 0 aliphatic carbocycles. The summed E-state index contributed by atoms with van der Waals surface area (Å²) in [5.41, 5.74) is 0. The number of carboxylic acid groups (broad SMARTS) is 1. The largest absolute Gasteiger partial charge is 0.480 e. The first-order chi connectivity index (χ1) is 11.4. The number of halogens is 2. The maximum atomic E-state index is 12.6. The summed E-state index contributed by atoms with van der Waals surface area (Å²) < 4.78 is 29.2. The third kappa shape index (κ3) is 4.88. The summed E-state index contributed by atoms with van der Waals surface area (Å²) in [6.07, 6.45) is 2.17. The molecule has 2 rings (SSSR count). The van der Waals surface area contributed by atoms with Crippen molar-refractivity contribution in [2.75, 3.05) is 26.7 Å². The lowest BCUT2D eigenvalue weighted by Crippen LogP contribution is -2.37. The number of hydrogen-bond donors (Lipinski definition) is 1. The van der Waals surface area contributed by atoms with Gasteiger partial charge in [-0.3, -0.25) is 14.5 Å². The van der Waals surface area contributed by atoms with Crippen molar-refractivity contribution in [2.24, 2.45) is 0 Å². The number of likely N-dealkylation sites (N-methyl/N-ethyl adjacent to an activating group) is 1. The highest BCUT2D eigenvalue weighted by molar-refractivity contribution is 7.12. The van der Waals surface area contributed by atoms with Gasteiger partial charge in [0.25, 0.3) is 5.91 Å². The number of amides is 1. The van der Waals surface area contributed by atoms with Gasteiger partial charge in [-0.2, -0.15) is 8.78 Å². The Kier molecular flexibility index (Phi) is 6.50. The minimum atomic E-state index is -2.97. The fourth-order valence-corrected chi connectivity index (χ4v) is 3.64. The van der Waals surface area contributed by atoms with E-state index in [4.69, 9.17) is 5.11 Å². The van der Waals surface area contributed by atoms with E-state index >= 15 is 0 Å². The molecular weight excluding hydrogens is 342 g/mol. The van der Waals surface area contributed by atoms with Crippen LogP contribution in [0.2, 0.25) is 0 Å².